The number of hydrogen-bond acceptors (Lipinski definition) is 5. The van der Waals surface area contributed by atoms with Crippen LogP contribution in [0.4, 0.5) is 18.9 Å². The zero-order valence-electron chi connectivity index (χ0n) is 15.8. The summed E-state index contributed by atoms with van der Waals surface area (Å²) in [7, 11) is 1.17. The summed E-state index contributed by atoms with van der Waals surface area (Å²) < 4.78 is 42.3. The normalized spacial score (nSPS) is 17.0. The fraction of sp³-hybridized carbons (Fsp3) is 0.143. The zero-order chi connectivity index (χ0) is 22.8. The van der Waals surface area contributed by atoms with Gasteiger partial charge in [0.1, 0.15) is 16.4 Å². The van der Waals surface area contributed by atoms with Crippen molar-refractivity contribution in [3.8, 4) is 0 Å². The van der Waals surface area contributed by atoms with Crippen LogP contribution in [0.2, 0.25) is 10.0 Å². The van der Waals surface area contributed by atoms with E-state index in [0.29, 0.717) is 21.2 Å². The van der Waals surface area contributed by atoms with Crippen LogP contribution in [-0.2, 0) is 16.0 Å². The first-order valence-corrected chi connectivity index (χ1v) is 10.3. The molecule has 4 nitrogen and oxygen atoms in total. The number of carbonyl (C=O) groups is 1. The summed E-state index contributed by atoms with van der Waals surface area (Å²) >= 11 is 12.9. The molecule has 0 saturated heterocycles. The second kappa shape index (κ2) is 9.38. The highest BCUT2D eigenvalue weighted by Gasteiger charge is 2.33. The summed E-state index contributed by atoms with van der Waals surface area (Å²) in [6.07, 6.45) is -3.79. The van der Waals surface area contributed by atoms with Crippen LogP contribution in [0.1, 0.15) is 11.1 Å². The molecule has 2 aromatic carbocycles. The monoisotopic (exact) mass is 487 g/mol. The molecule has 0 radical (unpaired) electrons. The number of aliphatic hydroxyl groups is 1. The van der Waals surface area contributed by atoms with E-state index in [2.05, 4.69) is 4.99 Å². The van der Waals surface area contributed by atoms with Gasteiger partial charge in [0.25, 0.3) is 0 Å². The number of esters is 1. The number of aliphatic hydroxyl groups excluding tert-OH is 1. The Hall–Kier alpha value is -2.42. The van der Waals surface area contributed by atoms with Gasteiger partial charge in [-0.3, -0.25) is 0 Å². The van der Waals surface area contributed by atoms with Crippen LogP contribution in [0.15, 0.2) is 63.7 Å². The van der Waals surface area contributed by atoms with Crippen LogP contribution >= 0.6 is 35.0 Å². The number of methoxy groups -OCH3 is 1. The minimum atomic E-state index is -4.30. The predicted octanol–water partition coefficient (Wildman–Crippen LogP) is 6.90. The van der Waals surface area contributed by atoms with Gasteiger partial charge in [0, 0.05) is 0 Å². The van der Waals surface area contributed by atoms with Gasteiger partial charge in [-0.2, -0.15) is 13.2 Å². The van der Waals surface area contributed by atoms with E-state index in [-0.39, 0.29) is 27.0 Å². The summed E-state index contributed by atoms with van der Waals surface area (Å²) in [5, 5.41) is 11.4. The Morgan fingerprint density at radius 3 is 2.42 bits per heavy atom. The van der Waals surface area contributed by atoms with Gasteiger partial charge in [0.05, 0.1) is 34.2 Å². The smallest absolute Gasteiger partial charge is 0.393 e. The lowest BCUT2D eigenvalue weighted by Crippen LogP contribution is -2.11. The van der Waals surface area contributed by atoms with Gasteiger partial charge in [-0.25, -0.2) is 9.79 Å². The van der Waals surface area contributed by atoms with E-state index in [1.165, 1.54) is 43.5 Å². The average molecular weight is 488 g/mol. The first-order valence-electron chi connectivity index (χ1n) is 8.68. The lowest BCUT2D eigenvalue weighted by atomic mass is 10.1. The van der Waals surface area contributed by atoms with Gasteiger partial charge in [0.15, 0.2) is 0 Å². The fourth-order valence-electron chi connectivity index (χ4n) is 2.68. The number of ether oxygens (including phenoxy) is 1. The number of rotatable bonds is 4. The van der Waals surface area contributed by atoms with Crippen LogP contribution in [-0.4, -0.2) is 29.4 Å². The number of benzene rings is 2. The Morgan fingerprint density at radius 1 is 1.16 bits per heavy atom. The number of thioether (sulfide) groups is 1. The molecule has 0 spiro atoms. The van der Waals surface area contributed by atoms with E-state index in [1.807, 2.05) is 0 Å². The Morgan fingerprint density at radius 2 is 1.84 bits per heavy atom. The molecule has 1 aliphatic heterocycles. The molecule has 0 unspecified atom stereocenters. The van der Waals surface area contributed by atoms with Gasteiger partial charge >= 0.3 is 12.1 Å². The van der Waals surface area contributed by atoms with E-state index in [9.17, 15) is 23.1 Å². The minimum Gasteiger partial charge on any atom is -0.506 e. The first-order chi connectivity index (χ1) is 14.6. The van der Waals surface area contributed by atoms with Crippen molar-refractivity contribution in [1.29, 1.82) is 0 Å². The molecule has 3 rings (SSSR count). The summed E-state index contributed by atoms with van der Waals surface area (Å²) in [6.45, 7) is 0. The lowest BCUT2D eigenvalue weighted by Gasteiger charge is -2.06. The molecule has 0 atom stereocenters. The van der Waals surface area contributed by atoms with Crippen molar-refractivity contribution < 1.29 is 27.8 Å². The molecule has 31 heavy (non-hydrogen) atoms. The molecule has 0 bridgehead atoms. The van der Waals surface area contributed by atoms with Crippen LogP contribution in [0.3, 0.4) is 0 Å². The van der Waals surface area contributed by atoms with Crippen molar-refractivity contribution in [2.75, 3.05) is 7.11 Å². The second-order valence-corrected chi connectivity index (χ2v) is 8.22. The van der Waals surface area contributed by atoms with Gasteiger partial charge < -0.3 is 9.84 Å². The third-order valence-corrected chi connectivity index (χ3v) is 5.85. The van der Waals surface area contributed by atoms with E-state index < -0.39 is 18.6 Å². The Bertz CT molecular complexity index is 1110. The van der Waals surface area contributed by atoms with E-state index in [4.69, 9.17) is 27.9 Å². The number of halogens is 5. The molecular weight excluding hydrogens is 474 g/mol. The van der Waals surface area contributed by atoms with E-state index in [0.717, 1.165) is 11.8 Å². The first kappa shape index (κ1) is 23.2. The average Bonchev–Trinajstić information content (AvgIpc) is 2.99. The number of alkyl halides is 3. The van der Waals surface area contributed by atoms with Gasteiger partial charge in [-0.1, -0.05) is 59.2 Å². The standard InChI is InChI=1S/C21H14Cl2F3NO3S/c1-30-20(29)17-18(28)16(8-11-2-4-12(5-3-11)10-21(24,25)26)31-19(17)27-13-6-7-14(22)15(23)9-13/h2-9,28H,10H2,1H3. The molecule has 0 fully saturated rings. The van der Waals surface area contributed by atoms with Gasteiger partial charge in [-0.15, -0.1) is 0 Å². The van der Waals surface area contributed by atoms with E-state index >= 15 is 0 Å². The van der Waals surface area contributed by atoms with Crippen molar-refractivity contribution in [2.45, 2.75) is 12.6 Å². The van der Waals surface area contributed by atoms with Crippen LogP contribution in [0.5, 0.6) is 0 Å². The molecule has 0 saturated carbocycles. The predicted molar refractivity (Wildman–Crippen MR) is 117 cm³/mol. The van der Waals surface area contributed by atoms with Crippen molar-refractivity contribution >= 4 is 57.7 Å². The Labute approximate surface area is 190 Å². The molecule has 2 aromatic rings. The maximum Gasteiger partial charge on any atom is 0.393 e. The number of aliphatic imine (C=N–C) groups is 1. The number of carbonyl (C=O) groups excluding carboxylic acids is 1. The van der Waals surface area contributed by atoms with Crippen molar-refractivity contribution in [2.24, 2.45) is 4.99 Å². The van der Waals surface area contributed by atoms with Crippen LogP contribution in [0, 0.1) is 0 Å². The highest BCUT2D eigenvalue weighted by molar-refractivity contribution is 8.18. The molecule has 1 aliphatic rings. The highest BCUT2D eigenvalue weighted by Crippen LogP contribution is 2.40. The molecule has 0 aliphatic carbocycles. The van der Waals surface area contributed by atoms with Crippen molar-refractivity contribution in [1.82, 2.24) is 0 Å². The summed E-state index contributed by atoms with van der Waals surface area (Å²) in [5.41, 5.74) is 0.938. The number of hydrogen-bond donors (Lipinski definition) is 1. The summed E-state index contributed by atoms with van der Waals surface area (Å²) in [6, 6.07) is 10.3. The van der Waals surface area contributed by atoms with Crippen molar-refractivity contribution in [3.63, 3.8) is 0 Å². The fourth-order valence-corrected chi connectivity index (χ4v) is 4.00. The molecule has 162 valence electrons. The quantitative estimate of drug-likeness (QED) is 0.476. The van der Waals surface area contributed by atoms with E-state index in [1.54, 1.807) is 12.1 Å². The maximum absolute atomic E-state index is 12.5. The second-order valence-electron chi connectivity index (χ2n) is 6.37. The molecule has 10 heteroatoms. The topological polar surface area (TPSA) is 58.9 Å². The molecular formula is C21H14Cl2F3NO3S. The highest BCUT2D eigenvalue weighted by atomic mass is 35.5. The molecule has 0 amide bonds. The third kappa shape index (κ3) is 5.84. The third-order valence-electron chi connectivity index (χ3n) is 4.10. The molecule has 0 aromatic heterocycles. The van der Waals surface area contributed by atoms with Gasteiger partial charge in [-0.05, 0) is 35.4 Å². The summed E-state index contributed by atoms with van der Waals surface area (Å²) in [4.78, 5) is 16.9. The largest absolute Gasteiger partial charge is 0.506 e. The van der Waals surface area contributed by atoms with Crippen LogP contribution < -0.4 is 0 Å². The van der Waals surface area contributed by atoms with Crippen molar-refractivity contribution in [3.05, 3.63) is 79.9 Å². The van der Waals surface area contributed by atoms with Gasteiger partial charge in [0.2, 0.25) is 0 Å². The number of nitrogens with zero attached hydrogens (tertiary/aromatic N) is 1. The maximum atomic E-state index is 12.5. The zero-order valence-corrected chi connectivity index (χ0v) is 18.2. The lowest BCUT2D eigenvalue weighted by molar-refractivity contribution is -0.135. The van der Waals surface area contributed by atoms with Crippen LogP contribution in [0.25, 0.3) is 6.08 Å². The summed E-state index contributed by atoms with van der Waals surface area (Å²) in [5.74, 6) is -1.12. The minimum absolute atomic E-state index is 0.116. The molecule has 1 heterocycles. The Balaban J connectivity index is 1.95. The molecule has 1 N–H and O–H groups in total. The SMILES string of the molecule is COC(=O)C1=C(O)C(=Cc2ccc(CC(F)(F)F)cc2)SC1=Nc1ccc(Cl)c(Cl)c1. The Kier molecular flexibility index (Phi) is 7.03.